The quantitative estimate of drug-likeness (QED) is 0.248. The van der Waals surface area contributed by atoms with Crippen molar-refractivity contribution in [3.63, 3.8) is 0 Å². The van der Waals surface area contributed by atoms with Crippen LogP contribution in [-0.4, -0.2) is 33.8 Å². The summed E-state index contributed by atoms with van der Waals surface area (Å²) in [6.07, 6.45) is 10.3. The number of benzene rings is 2. The third-order valence-corrected chi connectivity index (χ3v) is 10.9. The van der Waals surface area contributed by atoms with Crippen LogP contribution in [0.15, 0.2) is 66.8 Å². The van der Waals surface area contributed by atoms with Gasteiger partial charge < -0.3 is 5.32 Å². The maximum absolute atomic E-state index is 12.1. The Morgan fingerprint density at radius 3 is 2.62 bits per heavy atom. The summed E-state index contributed by atoms with van der Waals surface area (Å²) in [7, 11) is 0. The molecule has 2 aliphatic heterocycles. The van der Waals surface area contributed by atoms with E-state index in [1.807, 2.05) is 30.4 Å². The first-order valence-electron chi connectivity index (χ1n) is 11.3. The summed E-state index contributed by atoms with van der Waals surface area (Å²) in [6, 6.07) is 12.4. The Labute approximate surface area is 207 Å². The van der Waals surface area contributed by atoms with E-state index in [1.54, 1.807) is 30.0 Å². The van der Waals surface area contributed by atoms with Gasteiger partial charge in [-0.3, -0.25) is 0 Å². The number of ether oxygens (including phenoxy) is 1. The molecule has 1 saturated heterocycles. The van der Waals surface area contributed by atoms with Crippen molar-refractivity contribution in [2.24, 2.45) is 0 Å². The zero-order valence-corrected chi connectivity index (χ0v) is 22.2. The molecule has 0 spiro atoms. The predicted octanol–water partition coefficient (Wildman–Crippen LogP) is 6.15. The van der Waals surface area contributed by atoms with Gasteiger partial charge in [0.2, 0.25) is 0 Å². The van der Waals surface area contributed by atoms with Crippen LogP contribution in [0.5, 0.6) is 11.5 Å². The SMILES string of the molecule is CC(C)(C)c1ccc2c(c1)NCc1ccc(/C=C/C=C/C=C/C(O)[Se](=O)(=O)CC3CS3)cc1O2. The molecule has 0 radical (unpaired) electrons. The molecule has 2 N–H and O–H groups in total. The fourth-order valence-electron chi connectivity index (χ4n) is 3.54. The van der Waals surface area contributed by atoms with Crippen molar-refractivity contribution < 1.29 is 17.5 Å². The number of aliphatic hydroxyl groups is 1. The van der Waals surface area contributed by atoms with Crippen LogP contribution < -0.4 is 10.1 Å². The van der Waals surface area contributed by atoms with Gasteiger partial charge in [-0.1, -0.05) is 26.8 Å². The third-order valence-electron chi connectivity index (χ3n) is 5.71. The van der Waals surface area contributed by atoms with Crippen LogP contribution in [0.2, 0.25) is 5.32 Å². The van der Waals surface area contributed by atoms with Crippen molar-refractivity contribution >= 4 is 36.2 Å². The molecule has 2 unspecified atom stereocenters. The zero-order valence-electron chi connectivity index (χ0n) is 19.7. The van der Waals surface area contributed by atoms with Crippen molar-refractivity contribution in [2.75, 3.05) is 11.1 Å². The van der Waals surface area contributed by atoms with Crippen LogP contribution in [0, 0.1) is 0 Å². The van der Waals surface area contributed by atoms with Gasteiger partial charge in [0.25, 0.3) is 0 Å². The molecule has 4 rings (SSSR count). The first-order chi connectivity index (χ1) is 16.1. The topological polar surface area (TPSA) is 75.6 Å². The van der Waals surface area contributed by atoms with Crippen LogP contribution >= 0.6 is 11.8 Å². The Bertz CT molecular complexity index is 1240. The van der Waals surface area contributed by atoms with Crippen LogP contribution in [0.1, 0.15) is 37.5 Å². The summed E-state index contributed by atoms with van der Waals surface area (Å²) < 4.78 is 30.4. The molecule has 180 valence electrons. The number of aliphatic hydroxyl groups excluding tert-OH is 1. The minimum absolute atomic E-state index is 0.0691. The van der Waals surface area contributed by atoms with Gasteiger partial charge >= 0.3 is 147 Å². The van der Waals surface area contributed by atoms with E-state index >= 15 is 0 Å². The van der Waals surface area contributed by atoms with Gasteiger partial charge in [-0.2, -0.15) is 0 Å². The fraction of sp³-hybridized carbons (Fsp3) is 0.333. The maximum atomic E-state index is 12.1. The van der Waals surface area contributed by atoms with Gasteiger partial charge in [-0.15, -0.1) is 0 Å². The van der Waals surface area contributed by atoms with E-state index in [2.05, 4.69) is 44.3 Å². The average Bonchev–Trinajstić information content (AvgIpc) is 3.60. The Kier molecular flexibility index (Phi) is 7.39. The van der Waals surface area contributed by atoms with Crippen molar-refractivity contribution in [2.45, 2.75) is 48.3 Å². The van der Waals surface area contributed by atoms with Gasteiger partial charge in [0.1, 0.15) is 0 Å². The molecule has 2 aromatic carbocycles. The Hall–Kier alpha value is -2.31. The summed E-state index contributed by atoms with van der Waals surface area (Å²) in [4.78, 5) is 0. The molecule has 2 aliphatic rings. The van der Waals surface area contributed by atoms with E-state index in [-0.39, 0.29) is 16.0 Å². The summed E-state index contributed by atoms with van der Waals surface area (Å²) in [5.41, 5.74) is 4.41. The van der Waals surface area contributed by atoms with Crippen LogP contribution in [0.25, 0.3) is 6.08 Å². The minimum atomic E-state index is -4.30. The van der Waals surface area contributed by atoms with E-state index in [1.165, 1.54) is 11.6 Å². The Balaban J connectivity index is 1.39. The average molecular weight is 545 g/mol. The van der Waals surface area contributed by atoms with Gasteiger partial charge in [-0.05, 0) is 23.1 Å². The summed E-state index contributed by atoms with van der Waals surface area (Å²) in [5.74, 6) is 2.51. The van der Waals surface area contributed by atoms with Gasteiger partial charge in [-0.25, -0.2) is 0 Å². The van der Waals surface area contributed by atoms with Crippen LogP contribution in [-0.2, 0) is 19.6 Å². The van der Waals surface area contributed by atoms with Crippen molar-refractivity contribution in [1.29, 1.82) is 0 Å². The Morgan fingerprint density at radius 2 is 1.88 bits per heavy atom. The molecule has 0 bridgehead atoms. The van der Waals surface area contributed by atoms with Crippen molar-refractivity contribution in [3.05, 3.63) is 83.5 Å². The molecule has 7 heteroatoms. The molecular weight excluding hydrogens is 513 g/mol. The normalized spacial score (nSPS) is 18.9. The number of thioether (sulfide) groups is 1. The number of allylic oxidation sites excluding steroid dienone is 4. The number of anilines is 1. The molecule has 5 nitrogen and oxygen atoms in total. The molecule has 0 aliphatic carbocycles. The number of nitrogens with one attached hydrogen (secondary N) is 1. The van der Waals surface area contributed by atoms with E-state index in [0.29, 0.717) is 6.54 Å². The fourth-order valence-corrected chi connectivity index (χ4v) is 8.26. The van der Waals surface area contributed by atoms with Crippen molar-refractivity contribution in [3.8, 4) is 11.5 Å². The summed E-state index contributed by atoms with van der Waals surface area (Å²) in [5, 5.41) is 12.3. The monoisotopic (exact) mass is 545 g/mol. The predicted molar refractivity (Wildman–Crippen MR) is 140 cm³/mol. The second kappa shape index (κ2) is 10.1. The molecule has 0 saturated carbocycles. The molecule has 0 aromatic heterocycles. The number of fused-ring (bicyclic) bond motifs is 2. The van der Waals surface area contributed by atoms with E-state index in [4.69, 9.17) is 4.74 Å². The molecule has 1 fully saturated rings. The number of hydrogen-bond donors (Lipinski definition) is 2. The molecule has 2 heterocycles. The van der Waals surface area contributed by atoms with Crippen LogP contribution in [0.3, 0.4) is 0 Å². The van der Waals surface area contributed by atoms with Gasteiger partial charge in [0, 0.05) is 0 Å². The first-order valence-corrected chi connectivity index (χ1v) is 16.0. The van der Waals surface area contributed by atoms with E-state index < -0.39 is 17.7 Å². The molecule has 34 heavy (non-hydrogen) atoms. The van der Waals surface area contributed by atoms with Crippen LogP contribution in [0.4, 0.5) is 5.69 Å². The third kappa shape index (κ3) is 6.42. The van der Waals surface area contributed by atoms with Gasteiger partial charge in [0.05, 0.1) is 5.69 Å². The molecule has 2 atom stereocenters. The molecule has 0 amide bonds. The van der Waals surface area contributed by atoms with Crippen molar-refractivity contribution in [1.82, 2.24) is 0 Å². The van der Waals surface area contributed by atoms with Gasteiger partial charge in [0.15, 0.2) is 0 Å². The zero-order chi connectivity index (χ0) is 24.3. The first kappa shape index (κ1) is 24.8. The second-order valence-corrected chi connectivity index (χ2v) is 15.4. The number of rotatable bonds is 7. The molecule has 2 aromatic rings. The number of hydrogen-bond acceptors (Lipinski definition) is 6. The Morgan fingerprint density at radius 1 is 1.12 bits per heavy atom. The van der Waals surface area contributed by atoms with E-state index in [0.717, 1.165) is 34.1 Å². The second-order valence-electron chi connectivity index (χ2n) is 9.59. The molecular formula is C27H31NO4SSe. The summed E-state index contributed by atoms with van der Waals surface area (Å²) in [6.45, 7) is 7.28. The van der Waals surface area contributed by atoms with E-state index in [9.17, 15) is 12.8 Å². The summed E-state index contributed by atoms with van der Waals surface area (Å²) >= 11 is -2.68. The standard InChI is InChI=1S/C27H31NO4SSe/c1-27(2,3)21-12-13-24-23(15-21)28-16-20-11-10-19(14-25(20)32-24)8-6-4-5-7-9-26(29)34(30,31)18-22-17-33-22/h4-15,22,26,28-29H,16-18H2,1-3H3/b5-4+,8-6+,9-7+.